The van der Waals surface area contributed by atoms with Gasteiger partial charge in [0.25, 0.3) is 0 Å². The first-order valence-corrected chi connectivity index (χ1v) is 7.83. The zero-order valence-corrected chi connectivity index (χ0v) is 13.1. The molecule has 1 aliphatic rings. The first-order chi connectivity index (χ1) is 9.78. The number of nitrogens with one attached hydrogen (secondary N) is 1. The number of hydrogen-bond acceptors (Lipinski definition) is 4. The molecule has 0 aliphatic carbocycles. The second-order valence-electron chi connectivity index (χ2n) is 5.13. The second-order valence-corrected chi connectivity index (χ2v) is 6.04. The lowest BCUT2D eigenvalue weighted by Gasteiger charge is -2.18. The number of halogens is 1. The summed E-state index contributed by atoms with van der Waals surface area (Å²) < 4.78 is 6.68. The normalized spacial score (nSPS) is 22.3. The lowest BCUT2D eigenvalue weighted by molar-refractivity contribution is 0.0900. The van der Waals surface area contributed by atoms with Crippen molar-refractivity contribution in [2.24, 2.45) is 5.92 Å². The number of hydrogen-bond donors (Lipinski definition) is 1. The number of fused-ring (bicyclic) bond motifs is 1. The molecule has 1 fully saturated rings. The van der Waals surface area contributed by atoms with E-state index in [1.807, 2.05) is 24.5 Å². The van der Waals surface area contributed by atoms with E-state index in [-0.39, 0.29) is 0 Å². The summed E-state index contributed by atoms with van der Waals surface area (Å²) in [7, 11) is 0. The van der Waals surface area contributed by atoms with E-state index in [1.54, 1.807) is 0 Å². The largest absolute Gasteiger partial charge is 0.383 e. The van der Waals surface area contributed by atoms with Crippen molar-refractivity contribution in [1.29, 1.82) is 0 Å². The number of pyridine rings is 2. The third kappa shape index (κ3) is 2.79. The van der Waals surface area contributed by atoms with Crippen LogP contribution in [0.4, 0.5) is 5.69 Å². The van der Waals surface area contributed by atoms with Gasteiger partial charge >= 0.3 is 0 Å². The summed E-state index contributed by atoms with van der Waals surface area (Å²) >= 11 is 3.43. The molecule has 0 spiro atoms. The standard InChI is InChI=1S/C15H18BrN3O/c1-2-14-10(4-6-20-14)8-18-12-3-5-17-13-7-11(16)9-19-15(12)13/h3,5,7,9-10,14H,2,4,6,8H2,1H3,(H,17,18). The van der Waals surface area contributed by atoms with E-state index in [2.05, 4.69) is 38.1 Å². The fraction of sp³-hybridized carbons (Fsp3) is 0.467. The quantitative estimate of drug-likeness (QED) is 0.926. The molecule has 20 heavy (non-hydrogen) atoms. The van der Waals surface area contributed by atoms with Crippen LogP contribution in [-0.4, -0.2) is 29.2 Å². The van der Waals surface area contributed by atoms with Gasteiger partial charge in [0, 0.05) is 35.9 Å². The first kappa shape index (κ1) is 13.8. The SMILES string of the molecule is CCC1OCCC1CNc1ccnc2cc(Br)cnc12. The Morgan fingerprint density at radius 2 is 2.35 bits per heavy atom. The fourth-order valence-corrected chi connectivity index (χ4v) is 3.09. The summed E-state index contributed by atoms with van der Waals surface area (Å²) in [4.78, 5) is 8.82. The second kappa shape index (κ2) is 6.06. The van der Waals surface area contributed by atoms with Gasteiger partial charge in [0.2, 0.25) is 0 Å². The highest BCUT2D eigenvalue weighted by atomic mass is 79.9. The highest BCUT2D eigenvalue weighted by Crippen LogP contribution is 2.26. The average molecular weight is 336 g/mol. The maximum absolute atomic E-state index is 5.73. The molecule has 1 saturated heterocycles. The minimum atomic E-state index is 0.387. The molecule has 0 amide bonds. The fourth-order valence-electron chi connectivity index (χ4n) is 2.77. The first-order valence-electron chi connectivity index (χ1n) is 7.03. The van der Waals surface area contributed by atoms with Crippen LogP contribution in [0.2, 0.25) is 0 Å². The molecule has 2 unspecified atom stereocenters. The number of nitrogens with zero attached hydrogens (tertiary/aromatic N) is 2. The lowest BCUT2D eigenvalue weighted by Crippen LogP contribution is -2.22. The van der Waals surface area contributed by atoms with E-state index in [0.29, 0.717) is 12.0 Å². The Balaban J connectivity index is 1.77. The topological polar surface area (TPSA) is 47.0 Å². The van der Waals surface area contributed by atoms with Crippen LogP contribution in [0, 0.1) is 5.92 Å². The van der Waals surface area contributed by atoms with Crippen LogP contribution in [0.3, 0.4) is 0 Å². The van der Waals surface area contributed by atoms with Crippen molar-refractivity contribution < 1.29 is 4.74 Å². The highest BCUT2D eigenvalue weighted by molar-refractivity contribution is 9.10. The van der Waals surface area contributed by atoms with Gasteiger partial charge in [-0.05, 0) is 40.9 Å². The van der Waals surface area contributed by atoms with Crippen molar-refractivity contribution in [2.75, 3.05) is 18.5 Å². The van der Waals surface area contributed by atoms with Gasteiger partial charge in [0.15, 0.2) is 0 Å². The average Bonchev–Trinajstić information content (AvgIpc) is 2.92. The Kier molecular flexibility index (Phi) is 4.17. The molecule has 0 saturated carbocycles. The number of ether oxygens (including phenoxy) is 1. The Hall–Kier alpha value is -1.20. The van der Waals surface area contributed by atoms with Crippen LogP contribution in [0.25, 0.3) is 11.0 Å². The van der Waals surface area contributed by atoms with E-state index < -0.39 is 0 Å². The van der Waals surface area contributed by atoms with Gasteiger partial charge in [0.05, 0.1) is 17.3 Å². The van der Waals surface area contributed by atoms with Gasteiger partial charge in [0.1, 0.15) is 5.52 Å². The van der Waals surface area contributed by atoms with Crippen molar-refractivity contribution in [2.45, 2.75) is 25.9 Å². The van der Waals surface area contributed by atoms with Gasteiger partial charge in [-0.3, -0.25) is 9.97 Å². The van der Waals surface area contributed by atoms with Gasteiger partial charge in [-0.25, -0.2) is 0 Å². The molecule has 3 rings (SSSR count). The predicted molar refractivity (Wildman–Crippen MR) is 83.9 cm³/mol. The third-order valence-corrected chi connectivity index (χ3v) is 4.28. The zero-order chi connectivity index (χ0) is 13.9. The molecule has 2 atom stereocenters. The molecule has 1 aliphatic heterocycles. The van der Waals surface area contributed by atoms with Gasteiger partial charge in [-0.1, -0.05) is 6.92 Å². The van der Waals surface area contributed by atoms with Crippen LogP contribution < -0.4 is 5.32 Å². The molecule has 1 N–H and O–H groups in total. The summed E-state index contributed by atoms with van der Waals surface area (Å²) in [6.07, 6.45) is 6.23. The van der Waals surface area contributed by atoms with Crippen LogP contribution in [0.15, 0.2) is 29.0 Å². The van der Waals surface area contributed by atoms with Crippen LogP contribution >= 0.6 is 15.9 Å². The minimum Gasteiger partial charge on any atom is -0.383 e. The third-order valence-electron chi connectivity index (χ3n) is 3.85. The zero-order valence-electron chi connectivity index (χ0n) is 11.5. The molecule has 0 radical (unpaired) electrons. The molecule has 4 nitrogen and oxygen atoms in total. The molecule has 2 aromatic heterocycles. The van der Waals surface area contributed by atoms with Crippen LogP contribution in [0.1, 0.15) is 19.8 Å². The Bertz CT molecular complexity index is 605. The van der Waals surface area contributed by atoms with Crippen LogP contribution in [-0.2, 0) is 4.74 Å². The van der Waals surface area contributed by atoms with Crippen molar-refractivity contribution in [3.63, 3.8) is 0 Å². The Morgan fingerprint density at radius 1 is 1.45 bits per heavy atom. The van der Waals surface area contributed by atoms with Gasteiger partial charge in [-0.15, -0.1) is 0 Å². The van der Waals surface area contributed by atoms with E-state index >= 15 is 0 Å². The lowest BCUT2D eigenvalue weighted by atomic mass is 9.99. The summed E-state index contributed by atoms with van der Waals surface area (Å²) in [5.41, 5.74) is 2.87. The number of rotatable bonds is 4. The van der Waals surface area contributed by atoms with Crippen molar-refractivity contribution >= 4 is 32.7 Å². The van der Waals surface area contributed by atoms with Gasteiger partial charge < -0.3 is 10.1 Å². The minimum absolute atomic E-state index is 0.387. The van der Waals surface area contributed by atoms with Gasteiger partial charge in [-0.2, -0.15) is 0 Å². The molecule has 106 valence electrons. The molecular formula is C15H18BrN3O. The molecule has 0 bridgehead atoms. The molecule has 5 heteroatoms. The number of aromatic nitrogens is 2. The molecular weight excluding hydrogens is 318 g/mol. The summed E-state index contributed by atoms with van der Waals surface area (Å²) in [5.74, 6) is 0.582. The Labute approximate surface area is 127 Å². The van der Waals surface area contributed by atoms with Crippen LogP contribution in [0.5, 0.6) is 0 Å². The molecule has 3 heterocycles. The van der Waals surface area contributed by atoms with E-state index in [1.165, 1.54) is 0 Å². The Morgan fingerprint density at radius 3 is 3.20 bits per heavy atom. The maximum Gasteiger partial charge on any atom is 0.112 e. The molecule has 2 aromatic rings. The smallest absolute Gasteiger partial charge is 0.112 e. The summed E-state index contributed by atoms with van der Waals surface area (Å²) in [6.45, 7) is 3.99. The van der Waals surface area contributed by atoms with Crippen molar-refractivity contribution in [3.8, 4) is 0 Å². The number of anilines is 1. The van der Waals surface area contributed by atoms with Crippen molar-refractivity contribution in [3.05, 3.63) is 29.0 Å². The summed E-state index contributed by atoms with van der Waals surface area (Å²) in [6, 6.07) is 3.97. The maximum atomic E-state index is 5.73. The van der Waals surface area contributed by atoms with E-state index in [4.69, 9.17) is 4.74 Å². The van der Waals surface area contributed by atoms with Crippen molar-refractivity contribution in [1.82, 2.24) is 9.97 Å². The highest BCUT2D eigenvalue weighted by Gasteiger charge is 2.26. The van der Waals surface area contributed by atoms with E-state index in [0.717, 1.165) is 47.2 Å². The predicted octanol–water partition coefficient (Wildman–Crippen LogP) is 3.62. The van der Waals surface area contributed by atoms with E-state index in [9.17, 15) is 0 Å². The summed E-state index contributed by atoms with van der Waals surface area (Å²) in [5, 5.41) is 3.52. The monoisotopic (exact) mass is 335 g/mol. The molecule has 0 aromatic carbocycles.